The fourth-order valence-corrected chi connectivity index (χ4v) is 8.31. The number of cyclic esters (lactones) is 1. The summed E-state index contributed by atoms with van der Waals surface area (Å²) in [6.07, 6.45) is 3.17. The van der Waals surface area contributed by atoms with Crippen LogP contribution < -0.4 is 0 Å². The van der Waals surface area contributed by atoms with Gasteiger partial charge in [-0.3, -0.25) is 14.6 Å². The number of ether oxygens (including phenoxy) is 5. The molecule has 0 aliphatic carbocycles. The Morgan fingerprint density at radius 3 is 2.45 bits per heavy atom. The smallest absolute Gasteiger partial charge is 0.308 e. The predicted octanol–water partition coefficient (Wildman–Crippen LogP) is 5.84. The first-order valence-electron chi connectivity index (χ1n) is 21.6. The van der Waals surface area contributed by atoms with E-state index in [2.05, 4.69) is 4.98 Å². The number of rotatable bonds is 14. The number of carbonyl (C=O) groups excluding carboxylic acids is 3. The third-order valence-electron chi connectivity index (χ3n) is 11.8. The Labute approximate surface area is 365 Å². The van der Waals surface area contributed by atoms with Crippen LogP contribution >= 0.6 is 0 Å². The van der Waals surface area contributed by atoms with Crippen molar-refractivity contribution < 1.29 is 53.4 Å². The number of hydrogen-bond acceptors (Lipinski definition) is 13. The van der Waals surface area contributed by atoms with Gasteiger partial charge in [0.15, 0.2) is 18.4 Å². The van der Waals surface area contributed by atoms with E-state index in [4.69, 9.17) is 23.7 Å². The fourth-order valence-electron chi connectivity index (χ4n) is 8.31. The Hall–Kier alpha value is -4.44. The molecule has 1 aromatic heterocycles. The van der Waals surface area contributed by atoms with Crippen molar-refractivity contribution in [1.82, 2.24) is 9.88 Å². The Morgan fingerprint density at radius 1 is 0.984 bits per heavy atom. The summed E-state index contributed by atoms with van der Waals surface area (Å²) in [6.45, 7) is 7.90. The van der Waals surface area contributed by atoms with Gasteiger partial charge in [0.2, 0.25) is 0 Å². The molecule has 13 heteroatoms. The van der Waals surface area contributed by atoms with E-state index in [0.29, 0.717) is 13.0 Å². The molecule has 3 N–H and O–H groups in total. The number of aliphatic hydroxyl groups is 3. The summed E-state index contributed by atoms with van der Waals surface area (Å²) in [5.74, 6) is -3.22. The third-order valence-corrected chi connectivity index (χ3v) is 11.8. The largest absolute Gasteiger partial charge is 0.462 e. The van der Waals surface area contributed by atoms with Gasteiger partial charge in [-0.1, -0.05) is 99.2 Å². The average molecular weight is 857 g/mol. The second-order valence-electron chi connectivity index (χ2n) is 16.8. The molecule has 12 atom stereocenters. The quantitative estimate of drug-likeness (QED) is 0.130. The summed E-state index contributed by atoms with van der Waals surface area (Å²) < 4.78 is 30.7. The van der Waals surface area contributed by atoms with Gasteiger partial charge in [-0.2, -0.15) is 0 Å². The molecule has 336 valence electrons. The molecule has 2 aliphatic heterocycles. The molecule has 0 unspecified atom stereocenters. The number of benzene rings is 2. The summed E-state index contributed by atoms with van der Waals surface area (Å²) in [5.41, 5.74) is 3.52. The molecule has 0 radical (unpaired) electrons. The molecule has 3 aromatic rings. The Balaban J connectivity index is 1.34. The highest BCUT2D eigenvalue weighted by atomic mass is 16.8. The fraction of sp³-hybridized carbons (Fsp3) is 0.510. The molecular formula is C49H64N2O11. The molecule has 62 heavy (non-hydrogen) atoms. The summed E-state index contributed by atoms with van der Waals surface area (Å²) in [5, 5.41) is 35.9. The first-order valence-corrected chi connectivity index (χ1v) is 21.6. The van der Waals surface area contributed by atoms with Crippen LogP contribution in [0.2, 0.25) is 0 Å². The molecular weight excluding hydrogens is 793 g/mol. The number of likely N-dealkylation sites (N-methyl/N-ethyl adjacent to an activating group) is 1. The predicted molar refractivity (Wildman–Crippen MR) is 235 cm³/mol. The standard InChI is InChI=1S/C49H64N2O11/c1-7-42-38(30-58-29-34-14-9-8-10-15-34)24-31(2)19-20-40(53)32(3)25-37(21-22-52)46(33(4)41(54)27-43(55)60-42)61-49-45(56)44(51(5)6)47(48(57)62-49)59-23-13-16-35-26-36-17-11-12-18-39(36)50-28-35/h8-20,22,24,26,28,32-33,37-38,41-42,44-49,54,56-57H,7,21,23,25,27,29-30H2,1-6H3/b16-13+,20-19+,31-24+/t32-,33+,37+,38-,41-,42-,44-,45-,46-,47+,48+,49-/m1/s1. The zero-order valence-corrected chi connectivity index (χ0v) is 36.7. The molecule has 1 saturated heterocycles. The average Bonchev–Trinajstić information content (AvgIpc) is 3.25. The summed E-state index contributed by atoms with van der Waals surface area (Å²) in [4.78, 5) is 45.6. The number of pyridine rings is 1. The van der Waals surface area contributed by atoms with Gasteiger partial charge in [-0.05, 0) is 69.1 Å². The second kappa shape index (κ2) is 23.9. The summed E-state index contributed by atoms with van der Waals surface area (Å²) in [7, 11) is 3.47. The normalized spacial score (nSPS) is 32.1. The highest BCUT2D eigenvalue weighted by molar-refractivity contribution is 5.91. The van der Waals surface area contributed by atoms with Crippen molar-refractivity contribution in [1.29, 1.82) is 0 Å². The zero-order chi connectivity index (χ0) is 44.8. The number of esters is 1. The number of aldehydes is 1. The molecule has 0 amide bonds. The number of hydrogen-bond donors (Lipinski definition) is 3. The minimum Gasteiger partial charge on any atom is -0.462 e. The van der Waals surface area contributed by atoms with Crippen molar-refractivity contribution in [3.05, 3.63) is 108 Å². The van der Waals surface area contributed by atoms with Crippen LogP contribution in [0.3, 0.4) is 0 Å². The van der Waals surface area contributed by atoms with Crippen molar-refractivity contribution in [3.8, 4) is 0 Å². The molecule has 0 spiro atoms. The monoisotopic (exact) mass is 856 g/mol. The van der Waals surface area contributed by atoms with Gasteiger partial charge in [0, 0.05) is 35.8 Å². The number of aliphatic hydroxyl groups excluding tert-OH is 3. The highest BCUT2D eigenvalue weighted by Gasteiger charge is 2.49. The minimum atomic E-state index is -1.55. The molecule has 0 saturated carbocycles. The van der Waals surface area contributed by atoms with Crippen LogP contribution in [0.25, 0.3) is 17.0 Å². The van der Waals surface area contributed by atoms with Gasteiger partial charge < -0.3 is 48.7 Å². The number of para-hydroxylation sites is 1. The van der Waals surface area contributed by atoms with Gasteiger partial charge in [0.05, 0.1) is 50.0 Å². The lowest BCUT2D eigenvalue weighted by Gasteiger charge is -2.47. The number of nitrogens with zero attached hydrogens (tertiary/aromatic N) is 2. The topological polar surface area (TPSA) is 174 Å². The first-order chi connectivity index (χ1) is 29.8. The molecule has 2 aromatic carbocycles. The number of ketones is 1. The van der Waals surface area contributed by atoms with E-state index in [1.54, 1.807) is 51.2 Å². The molecule has 1 fully saturated rings. The molecule has 0 bridgehead atoms. The lowest BCUT2D eigenvalue weighted by atomic mass is 9.79. The minimum absolute atomic E-state index is 0.0533. The van der Waals surface area contributed by atoms with Gasteiger partial charge >= 0.3 is 5.97 Å². The highest BCUT2D eigenvalue weighted by Crippen LogP contribution is 2.35. The van der Waals surface area contributed by atoms with Crippen molar-refractivity contribution in [2.75, 3.05) is 27.3 Å². The van der Waals surface area contributed by atoms with E-state index in [1.807, 2.05) is 86.7 Å². The first kappa shape index (κ1) is 48.6. The van der Waals surface area contributed by atoms with Crippen LogP contribution in [0.5, 0.6) is 0 Å². The van der Waals surface area contributed by atoms with Gasteiger partial charge in [0.1, 0.15) is 24.6 Å². The van der Waals surface area contributed by atoms with Gasteiger partial charge in [-0.15, -0.1) is 0 Å². The van der Waals surface area contributed by atoms with Crippen molar-refractivity contribution in [2.45, 2.75) is 109 Å². The van der Waals surface area contributed by atoms with Crippen molar-refractivity contribution >= 4 is 35.0 Å². The van der Waals surface area contributed by atoms with E-state index in [9.17, 15) is 29.7 Å². The number of aromatic nitrogens is 1. The Bertz CT molecular complexity index is 1990. The number of fused-ring (bicyclic) bond motifs is 1. The molecule has 2 aliphatic rings. The van der Waals surface area contributed by atoms with Crippen LogP contribution in [0.4, 0.5) is 0 Å². The Morgan fingerprint density at radius 2 is 1.73 bits per heavy atom. The van der Waals surface area contributed by atoms with Gasteiger partial charge in [-0.25, -0.2) is 0 Å². The molecule has 13 nitrogen and oxygen atoms in total. The van der Waals surface area contributed by atoms with Crippen LogP contribution in [0.15, 0.2) is 96.7 Å². The maximum atomic E-state index is 13.6. The van der Waals surface area contributed by atoms with E-state index in [-0.39, 0.29) is 37.8 Å². The lowest BCUT2D eigenvalue weighted by Crippen LogP contribution is -2.64. The van der Waals surface area contributed by atoms with Crippen LogP contribution in [-0.4, -0.2) is 120 Å². The van der Waals surface area contributed by atoms with E-state index in [0.717, 1.165) is 33.9 Å². The van der Waals surface area contributed by atoms with E-state index in [1.165, 1.54) is 6.08 Å². The second-order valence-corrected chi connectivity index (χ2v) is 16.8. The number of carbonyl (C=O) groups is 3. The summed E-state index contributed by atoms with van der Waals surface area (Å²) >= 11 is 0. The van der Waals surface area contributed by atoms with Gasteiger partial charge in [0.25, 0.3) is 0 Å². The van der Waals surface area contributed by atoms with Crippen molar-refractivity contribution in [2.24, 2.45) is 23.7 Å². The molecule has 5 rings (SSSR count). The van der Waals surface area contributed by atoms with Crippen LogP contribution in [0, 0.1) is 23.7 Å². The maximum Gasteiger partial charge on any atom is 0.308 e. The molecule has 3 heterocycles. The van der Waals surface area contributed by atoms with Crippen LogP contribution in [-0.2, 0) is 44.7 Å². The third kappa shape index (κ3) is 13.5. The zero-order valence-electron chi connectivity index (χ0n) is 36.7. The SMILES string of the molecule is CC[C@H]1OC(=O)C[C@@H](O)[C@H](C)[C@@H](O[C@@H]2O[C@H](O)[C@@H](OC/C=C/c3cnc4ccccc4c3)[C@H](N(C)C)[C@H]2O)[C@@H](CC=O)C[C@@H](C)C(=O)/C=C/C(C)=C/[C@@H]1COCc1ccccc1. The lowest BCUT2D eigenvalue weighted by molar-refractivity contribution is -0.349. The Kier molecular flexibility index (Phi) is 18.7. The van der Waals surface area contributed by atoms with Crippen LogP contribution in [0.1, 0.15) is 64.5 Å². The summed E-state index contributed by atoms with van der Waals surface area (Å²) in [6, 6.07) is 18.7. The van der Waals surface area contributed by atoms with Crippen molar-refractivity contribution in [3.63, 3.8) is 0 Å². The van der Waals surface area contributed by atoms with E-state index >= 15 is 0 Å². The maximum absolute atomic E-state index is 13.6. The number of allylic oxidation sites excluding steroid dienone is 3. The van der Waals surface area contributed by atoms with E-state index < -0.39 is 79.3 Å².